The molecule has 1 aliphatic heterocycles. The van der Waals surface area contributed by atoms with Crippen LogP contribution in [0, 0.1) is 17.3 Å². The minimum Gasteiger partial charge on any atom is -0.385 e. The van der Waals surface area contributed by atoms with E-state index >= 15 is 0 Å². The number of benzene rings is 1. The molecule has 5 aliphatic carbocycles. The highest BCUT2D eigenvalue weighted by molar-refractivity contribution is 8.00. The second kappa shape index (κ2) is 7.68. The van der Waals surface area contributed by atoms with Gasteiger partial charge in [0, 0.05) is 28.4 Å². The van der Waals surface area contributed by atoms with Crippen molar-refractivity contribution in [3.63, 3.8) is 0 Å². The number of Topliss-reactive ketones (excluding diaryl/α,β-unsaturated/α-hetero) is 1. The molecule has 1 aromatic rings. The van der Waals surface area contributed by atoms with E-state index in [4.69, 9.17) is 9.47 Å². The van der Waals surface area contributed by atoms with Gasteiger partial charge in [0.2, 0.25) is 0 Å². The van der Waals surface area contributed by atoms with Gasteiger partial charge in [-0.25, -0.2) is 0 Å². The summed E-state index contributed by atoms with van der Waals surface area (Å²) in [6.45, 7) is 3.41. The summed E-state index contributed by atoms with van der Waals surface area (Å²) in [7, 11) is 0. The molecule has 1 aromatic carbocycles. The van der Waals surface area contributed by atoms with Gasteiger partial charge < -0.3 is 14.6 Å². The largest absolute Gasteiger partial charge is 0.385 e. The Hall–Kier alpha value is -1.14. The van der Waals surface area contributed by atoms with Crippen molar-refractivity contribution < 1.29 is 19.4 Å². The Morgan fingerprint density at radius 3 is 2.44 bits per heavy atom. The number of ketones is 1. The maximum atomic E-state index is 12.8. The maximum Gasteiger partial charge on any atom is 0.178 e. The average molecular weight is 481 g/mol. The molecule has 4 saturated carbocycles. The minimum absolute atomic E-state index is 0.147. The Morgan fingerprint density at radius 1 is 0.941 bits per heavy atom. The molecule has 5 atom stereocenters. The lowest BCUT2D eigenvalue weighted by Crippen LogP contribution is -2.58. The average Bonchev–Trinajstić information content (AvgIpc) is 3.44. The zero-order valence-electron chi connectivity index (χ0n) is 20.2. The fraction of sp³-hybridized carbons (Fsp3) is 0.690. The number of allylic oxidation sites excluding steroid dienone is 1. The Balaban J connectivity index is 1.29. The summed E-state index contributed by atoms with van der Waals surface area (Å²) < 4.78 is 12.7. The summed E-state index contributed by atoms with van der Waals surface area (Å²) in [5.74, 6) is 0.437. The molecular weight excluding hydrogens is 444 g/mol. The zero-order valence-corrected chi connectivity index (χ0v) is 21.0. The Morgan fingerprint density at radius 2 is 1.71 bits per heavy atom. The lowest BCUT2D eigenvalue weighted by molar-refractivity contribution is -0.225. The van der Waals surface area contributed by atoms with Crippen LogP contribution in [0.5, 0.6) is 0 Å². The van der Waals surface area contributed by atoms with Crippen molar-refractivity contribution in [2.75, 3.05) is 13.2 Å². The van der Waals surface area contributed by atoms with E-state index in [1.165, 1.54) is 28.9 Å². The quantitative estimate of drug-likeness (QED) is 0.556. The molecule has 0 amide bonds. The van der Waals surface area contributed by atoms with Crippen molar-refractivity contribution in [2.24, 2.45) is 17.3 Å². The summed E-state index contributed by atoms with van der Waals surface area (Å²) in [6, 6.07) is 8.89. The molecule has 1 saturated heterocycles. The summed E-state index contributed by atoms with van der Waals surface area (Å²) >= 11 is 1.97. The summed E-state index contributed by atoms with van der Waals surface area (Å²) in [5.41, 5.74) is 2.79. The minimum atomic E-state index is -0.935. The first kappa shape index (κ1) is 22.1. The first-order chi connectivity index (χ1) is 16.4. The highest BCUT2D eigenvalue weighted by atomic mass is 32.2. The van der Waals surface area contributed by atoms with Gasteiger partial charge in [-0.2, -0.15) is 0 Å². The predicted molar refractivity (Wildman–Crippen MR) is 132 cm³/mol. The van der Waals surface area contributed by atoms with E-state index in [0.717, 1.165) is 62.2 Å². The van der Waals surface area contributed by atoms with Crippen LogP contribution in [0.15, 0.2) is 40.3 Å². The fourth-order valence-corrected chi connectivity index (χ4v) is 9.43. The van der Waals surface area contributed by atoms with Gasteiger partial charge in [0.15, 0.2) is 5.79 Å². The lowest BCUT2D eigenvalue weighted by atomic mass is 9.52. The Kier molecular flexibility index (Phi) is 4.99. The third-order valence-electron chi connectivity index (χ3n) is 10.2. The van der Waals surface area contributed by atoms with E-state index in [1.807, 2.05) is 11.8 Å². The number of aliphatic hydroxyl groups is 1. The summed E-state index contributed by atoms with van der Waals surface area (Å²) in [4.78, 5) is 14.1. The number of hydrogen-bond donors (Lipinski definition) is 1. The van der Waals surface area contributed by atoms with Crippen LogP contribution in [0.1, 0.15) is 82.6 Å². The number of fused-ring (bicyclic) bond motifs is 4. The number of thioether (sulfide) groups is 1. The monoisotopic (exact) mass is 480 g/mol. The summed E-state index contributed by atoms with van der Waals surface area (Å²) in [6.07, 6.45) is 9.64. The highest BCUT2D eigenvalue weighted by Crippen LogP contribution is 2.64. The number of carbonyl (C=O) groups excluding carboxylic acids is 1. The van der Waals surface area contributed by atoms with Crippen molar-refractivity contribution in [1.29, 1.82) is 0 Å². The Labute approximate surface area is 206 Å². The molecule has 182 valence electrons. The molecule has 5 heteroatoms. The van der Waals surface area contributed by atoms with E-state index in [-0.39, 0.29) is 11.3 Å². The molecule has 1 unspecified atom stereocenters. The van der Waals surface area contributed by atoms with Crippen LogP contribution in [-0.4, -0.2) is 40.7 Å². The van der Waals surface area contributed by atoms with E-state index < -0.39 is 11.4 Å². The molecule has 0 radical (unpaired) electrons. The van der Waals surface area contributed by atoms with E-state index in [2.05, 4.69) is 31.2 Å². The van der Waals surface area contributed by atoms with Gasteiger partial charge in [0.25, 0.3) is 0 Å². The molecular formula is C29H36O4S. The molecule has 6 aliphatic rings. The summed E-state index contributed by atoms with van der Waals surface area (Å²) in [5, 5.41) is 13.3. The zero-order chi connectivity index (χ0) is 23.1. The number of ether oxygens (including phenoxy) is 2. The van der Waals surface area contributed by atoms with E-state index in [0.29, 0.717) is 30.8 Å². The van der Waals surface area contributed by atoms with Crippen LogP contribution in [-0.2, 0) is 14.3 Å². The standard InChI is InChI=1S/C29H36O4S/c1-27-13-10-22-21(23(27)8-9-25(27)30)11-14-28(31)24(22)12-15-29(32-16-17-33-29)26(28)18-2-4-19(5-3-18)34-20-6-7-20/h2-5,20-21,23,26,31H,6-17H2,1H3/t21-,23+,26?,27+,28+/m1/s1. The first-order valence-electron chi connectivity index (χ1n) is 13.5. The van der Waals surface area contributed by atoms with Crippen LogP contribution >= 0.6 is 11.8 Å². The third kappa shape index (κ3) is 3.12. The van der Waals surface area contributed by atoms with Gasteiger partial charge in [0.1, 0.15) is 5.78 Å². The van der Waals surface area contributed by atoms with E-state index in [9.17, 15) is 9.90 Å². The first-order valence-corrected chi connectivity index (χ1v) is 14.3. The molecule has 1 heterocycles. The predicted octanol–water partition coefficient (Wildman–Crippen LogP) is 5.78. The maximum absolute atomic E-state index is 12.8. The van der Waals surface area contributed by atoms with Crippen molar-refractivity contribution in [3.8, 4) is 0 Å². The number of carbonyl (C=O) groups is 1. The van der Waals surface area contributed by atoms with Crippen molar-refractivity contribution >= 4 is 17.5 Å². The second-order valence-electron chi connectivity index (χ2n) is 11.9. The number of rotatable bonds is 3. The van der Waals surface area contributed by atoms with Gasteiger partial charge in [-0.3, -0.25) is 4.79 Å². The molecule has 5 fully saturated rings. The molecule has 7 rings (SSSR count). The van der Waals surface area contributed by atoms with Gasteiger partial charge >= 0.3 is 0 Å². The van der Waals surface area contributed by atoms with Gasteiger partial charge in [-0.05, 0) is 86.5 Å². The van der Waals surface area contributed by atoms with Crippen molar-refractivity contribution in [2.45, 2.75) is 98.6 Å². The van der Waals surface area contributed by atoms with Gasteiger partial charge in [0.05, 0.1) is 24.7 Å². The van der Waals surface area contributed by atoms with Crippen molar-refractivity contribution in [1.82, 2.24) is 0 Å². The van der Waals surface area contributed by atoms with Crippen LogP contribution < -0.4 is 0 Å². The van der Waals surface area contributed by atoms with E-state index in [1.54, 1.807) is 0 Å². The second-order valence-corrected chi connectivity index (χ2v) is 13.3. The van der Waals surface area contributed by atoms with Crippen LogP contribution in [0.3, 0.4) is 0 Å². The van der Waals surface area contributed by atoms with Crippen LogP contribution in [0.2, 0.25) is 0 Å². The lowest BCUT2D eigenvalue weighted by Gasteiger charge is -2.56. The van der Waals surface area contributed by atoms with Crippen LogP contribution in [0.4, 0.5) is 0 Å². The highest BCUT2D eigenvalue weighted by Gasteiger charge is 2.63. The molecule has 34 heavy (non-hydrogen) atoms. The van der Waals surface area contributed by atoms with Crippen molar-refractivity contribution in [3.05, 3.63) is 41.0 Å². The van der Waals surface area contributed by atoms with Crippen LogP contribution in [0.25, 0.3) is 0 Å². The SMILES string of the molecule is C[C@]12CCC3=C4CCC5(OCCO5)C(c5ccc(SC6CC6)cc5)[C@]4(O)CC[C@H]3[C@@H]1CCC2=O. The molecule has 1 N–H and O–H groups in total. The molecule has 4 nitrogen and oxygen atoms in total. The third-order valence-corrected chi connectivity index (χ3v) is 11.5. The fourth-order valence-electron chi connectivity index (χ4n) is 8.38. The number of hydrogen-bond acceptors (Lipinski definition) is 5. The molecule has 1 spiro atoms. The molecule has 0 aromatic heterocycles. The normalized spacial score (nSPS) is 40.9. The smallest absolute Gasteiger partial charge is 0.178 e. The van der Waals surface area contributed by atoms with Gasteiger partial charge in [-0.15, -0.1) is 11.8 Å². The van der Waals surface area contributed by atoms with Gasteiger partial charge in [-0.1, -0.05) is 24.6 Å². The Bertz CT molecular complexity index is 1040. The molecule has 0 bridgehead atoms. The topological polar surface area (TPSA) is 55.8 Å².